The minimum atomic E-state index is -5.60. The molecular weight excluding hydrogens is 474 g/mol. The van der Waals surface area contributed by atoms with Gasteiger partial charge in [-0.1, -0.05) is 0 Å². The number of ketones is 1. The summed E-state index contributed by atoms with van der Waals surface area (Å²) in [6, 6.07) is 11.0. The third kappa shape index (κ3) is 5.86. The first-order valence-corrected chi connectivity index (χ1v) is 9.63. The van der Waals surface area contributed by atoms with Crippen molar-refractivity contribution < 1.29 is 54.8 Å². The fourth-order valence-corrected chi connectivity index (χ4v) is 3.11. The molecule has 0 saturated carbocycles. The number of Topliss-reactive ketones (excluding diaryl/α,β-unsaturated/α-hetero) is 1. The van der Waals surface area contributed by atoms with Gasteiger partial charge in [-0.05, 0) is 48.5 Å². The molecule has 0 saturated heterocycles. The largest absolute Gasteiger partial charge is 0.497 e. The van der Waals surface area contributed by atoms with Crippen LogP contribution in [0.1, 0.15) is 6.42 Å². The van der Waals surface area contributed by atoms with Crippen LogP contribution in [0.5, 0.6) is 23.0 Å². The Labute approximate surface area is 189 Å². The van der Waals surface area contributed by atoms with E-state index in [1.807, 2.05) is 0 Å². The van der Waals surface area contributed by atoms with Crippen LogP contribution in [0.4, 0.5) is 26.3 Å². The van der Waals surface area contributed by atoms with Crippen molar-refractivity contribution in [3.8, 4) is 23.0 Å². The molecule has 2 atom stereocenters. The van der Waals surface area contributed by atoms with Gasteiger partial charge >= 0.3 is 12.4 Å². The van der Waals surface area contributed by atoms with Crippen molar-refractivity contribution in [2.45, 2.75) is 31.2 Å². The number of rotatable bonds is 7. The number of allylic oxidation sites excluding steroid dienone is 1. The zero-order valence-electron chi connectivity index (χ0n) is 17.7. The molecule has 0 fully saturated rings. The van der Waals surface area contributed by atoms with Crippen molar-refractivity contribution in [3.05, 3.63) is 59.9 Å². The fourth-order valence-electron chi connectivity index (χ4n) is 3.11. The maximum Gasteiger partial charge on any atom is 0.454 e. The predicted molar refractivity (Wildman–Crippen MR) is 105 cm³/mol. The van der Waals surface area contributed by atoms with Crippen molar-refractivity contribution >= 4 is 5.78 Å². The molecule has 1 aliphatic heterocycles. The molecule has 0 aliphatic carbocycles. The van der Waals surface area contributed by atoms with E-state index in [9.17, 15) is 31.1 Å². The van der Waals surface area contributed by atoms with Crippen molar-refractivity contribution in [2.24, 2.45) is 0 Å². The van der Waals surface area contributed by atoms with E-state index in [4.69, 9.17) is 23.7 Å². The number of ether oxygens (including phenoxy) is 5. The Morgan fingerprint density at radius 1 is 0.794 bits per heavy atom. The molecule has 184 valence electrons. The topological polar surface area (TPSA) is 63.2 Å². The first-order valence-electron chi connectivity index (χ1n) is 9.63. The molecule has 2 unspecified atom stereocenters. The van der Waals surface area contributed by atoms with E-state index in [1.54, 1.807) is 0 Å². The van der Waals surface area contributed by atoms with Crippen LogP contribution < -0.4 is 18.9 Å². The molecule has 1 heterocycles. The van der Waals surface area contributed by atoms with Gasteiger partial charge in [-0.15, -0.1) is 0 Å². The van der Waals surface area contributed by atoms with Gasteiger partial charge in [0.1, 0.15) is 29.1 Å². The molecule has 0 N–H and O–H groups in total. The molecule has 6 nitrogen and oxygen atoms in total. The van der Waals surface area contributed by atoms with E-state index in [0.717, 1.165) is 0 Å². The number of halogens is 6. The maximum atomic E-state index is 13.7. The lowest BCUT2D eigenvalue weighted by molar-refractivity contribution is -0.188. The van der Waals surface area contributed by atoms with Crippen molar-refractivity contribution in [1.82, 2.24) is 0 Å². The number of alkyl halides is 6. The highest BCUT2D eigenvalue weighted by atomic mass is 19.4. The number of hydrogen-bond donors (Lipinski definition) is 0. The summed E-state index contributed by atoms with van der Waals surface area (Å²) in [5.41, 5.74) is -1.69. The van der Waals surface area contributed by atoms with Crippen LogP contribution in [-0.4, -0.2) is 44.7 Å². The van der Waals surface area contributed by atoms with Gasteiger partial charge in [0.15, 0.2) is 0 Å². The Balaban J connectivity index is 2.00. The lowest BCUT2D eigenvalue weighted by atomic mass is 9.97. The van der Waals surface area contributed by atoms with Gasteiger partial charge in [0.2, 0.25) is 12.0 Å². The second-order valence-electron chi connectivity index (χ2n) is 6.93. The van der Waals surface area contributed by atoms with E-state index >= 15 is 0 Å². The van der Waals surface area contributed by atoms with E-state index in [0.29, 0.717) is 11.5 Å². The Kier molecular flexibility index (Phi) is 7.18. The quantitative estimate of drug-likeness (QED) is 0.494. The zero-order chi connectivity index (χ0) is 25.1. The van der Waals surface area contributed by atoms with E-state index in [1.165, 1.54) is 62.8 Å². The van der Waals surface area contributed by atoms with Crippen LogP contribution in [0, 0.1) is 0 Å². The molecule has 2 aromatic rings. The summed E-state index contributed by atoms with van der Waals surface area (Å²) in [6.45, 7) is 0. The Bertz CT molecular complexity index is 1030. The van der Waals surface area contributed by atoms with Crippen molar-refractivity contribution in [2.75, 3.05) is 14.2 Å². The van der Waals surface area contributed by atoms with Gasteiger partial charge in [0.25, 0.3) is 5.78 Å². The molecule has 3 rings (SSSR count). The number of methoxy groups -OCH3 is 2. The number of carbonyl (C=O) groups is 1. The molecule has 0 aromatic heterocycles. The van der Waals surface area contributed by atoms with Crippen LogP contribution in [0.25, 0.3) is 0 Å². The molecule has 1 aliphatic rings. The molecule has 0 amide bonds. The number of benzene rings is 2. The lowest BCUT2D eigenvalue weighted by Crippen LogP contribution is -2.44. The van der Waals surface area contributed by atoms with E-state index < -0.39 is 48.3 Å². The number of hydrogen-bond acceptors (Lipinski definition) is 6. The van der Waals surface area contributed by atoms with Crippen LogP contribution in [-0.2, 0) is 9.53 Å². The molecule has 12 heteroatoms. The average Bonchev–Trinajstić information content (AvgIpc) is 2.78. The highest BCUT2D eigenvalue weighted by Crippen LogP contribution is 2.41. The molecule has 2 aromatic carbocycles. The lowest BCUT2D eigenvalue weighted by Gasteiger charge is -2.34. The van der Waals surface area contributed by atoms with Crippen LogP contribution in [0.2, 0.25) is 0 Å². The highest BCUT2D eigenvalue weighted by molar-refractivity contribution is 6.01. The summed E-state index contributed by atoms with van der Waals surface area (Å²) in [5, 5.41) is 0. The molecular formula is C22H18F6O6. The molecule has 0 radical (unpaired) electrons. The van der Waals surface area contributed by atoms with Gasteiger partial charge < -0.3 is 23.7 Å². The number of carbonyl (C=O) groups excluding carboxylic acids is 1. The first-order chi connectivity index (χ1) is 15.9. The average molecular weight is 492 g/mol. The van der Waals surface area contributed by atoms with E-state index in [2.05, 4.69) is 0 Å². The standard InChI is InChI=1S/C22H18F6O6/c1-30-12-3-7-14(8-4-12)32-16-11-17(33-15-9-5-13(31-2)6-10-15)34-20(22(26,27)28)18(16)19(29)21(23,24)25/h3-10,16-17H,11H2,1-2H3. The predicted octanol–water partition coefficient (Wildman–Crippen LogP) is 5.22. The molecule has 0 bridgehead atoms. The zero-order valence-corrected chi connectivity index (χ0v) is 17.7. The first kappa shape index (κ1) is 25.1. The van der Waals surface area contributed by atoms with Gasteiger partial charge in [-0.3, -0.25) is 4.79 Å². The van der Waals surface area contributed by atoms with Gasteiger partial charge in [0.05, 0.1) is 26.2 Å². The van der Waals surface area contributed by atoms with Crippen LogP contribution in [0.15, 0.2) is 59.9 Å². The van der Waals surface area contributed by atoms with Crippen molar-refractivity contribution in [3.63, 3.8) is 0 Å². The van der Waals surface area contributed by atoms with Crippen LogP contribution in [0.3, 0.4) is 0 Å². The second-order valence-corrected chi connectivity index (χ2v) is 6.93. The maximum absolute atomic E-state index is 13.7. The normalized spacial score (nSPS) is 18.7. The SMILES string of the molecule is COc1ccc(OC2CC(Oc3ccc(OC)cc3)C(C(=O)C(F)(F)F)=C(C(F)(F)F)O2)cc1. The molecule has 0 spiro atoms. The smallest absolute Gasteiger partial charge is 0.454 e. The van der Waals surface area contributed by atoms with Crippen molar-refractivity contribution in [1.29, 1.82) is 0 Å². The van der Waals surface area contributed by atoms with Gasteiger partial charge in [-0.2, -0.15) is 26.3 Å². The van der Waals surface area contributed by atoms with Crippen LogP contribution >= 0.6 is 0 Å². The third-order valence-electron chi connectivity index (χ3n) is 4.65. The van der Waals surface area contributed by atoms with Gasteiger partial charge in [0, 0.05) is 0 Å². The monoisotopic (exact) mass is 492 g/mol. The van der Waals surface area contributed by atoms with Gasteiger partial charge in [-0.25, -0.2) is 0 Å². The fraction of sp³-hybridized carbons (Fsp3) is 0.318. The Morgan fingerprint density at radius 2 is 1.24 bits per heavy atom. The Hall–Kier alpha value is -3.57. The summed E-state index contributed by atoms with van der Waals surface area (Å²) in [7, 11) is 2.77. The minimum Gasteiger partial charge on any atom is -0.497 e. The summed E-state index contributed by atoms with van der Waals surface area (Å²) in [4.78, 5) is 12.0. The minimum absolute atomic E-state index is 0.0566. The third-order valence-corrected chi connectivity index (χ3v) is 4.65. The Morgan fingerprint density at radius 3 is 1.65 bits per heavy atom. The highest BCUT2D eigenvalue weighted by Gasteiger charge is 2.54. The second kappa shape index (κ2) is 9.74. The molecule has 34 heavy (non-hydrogen) atoms. The summed E-state index contributed by atoms with van der Waals surface area (Å²) in [6.07, 6.45) is -15.4. The van der Waals surface area contributed by atoms with E-state index in [-0.39, 0.29) is 11.5 Å². The summed E-state index contributed by atoms with van der Waals surface area (Å²) in [5.74, 6) is -4.07. The summed E-state index contributed by atoms with van der Waals surface area (Å²) < 4.78 is 106. The summed E-state index contributed by atoms with van der Waals surface area (Å²) >= 11 is 0.